The molecule has 5 heteroatoms. The molecule has 1 saturated heterocycles. The summed E-state index contributed by atoms with van der Waals surface area (Å²) in [4.78, 5) is 16.5. The van der Waals surface area contributed by atoms with E-state index in [1.165, 1.54) is 25.9 Å². The standard InChI is InChI=1S/C20H21NO3.C5H11N/c1-3-23-17-9-6-7-15(11-17)14-21(2)20(22)13-18-12-16-8-4-5-10-19(16)24-18;1-6-4-2-3-5-6/h4-12H,3,13-14H2,1-2H3;2-5H2,1H3. The Bertz CT molecular complexity index is 911. The van der Waals surface area contributed by atoms with Crippen molar-refractivity contribution in [2.75, 3.05) is 33.8 Å². The topological polar surface area (TPSA) is 45.9 Å². The Labute approximate surface area is 179 Å². The highest BCUT2D eigenvalue weighted by atomic mass is 16.5. The minimum absolute atomic E-state index is 0.0240. The Kier molecular flexibility index (Phi) is 7.91. The molecule has 5 nitrogen and oxygen atoms in total. The quantitative estimate of drug-likeness (QED) is 0.591. The average molecular weight is 409 g/mol. The molecule has 2 heterocycles. The van der Waals surface area contributed by atoms with E-state index >= 15 is 0 Å². The van der Waals surface area contributed by atoms with Crippen LogP contribution in [0.15, 0.2) is 59.0 Å². The molecule has 160 valence electrons. The highest BCUT2D eigenvalue weighted by Gasteiger charge is 2.13. The van der Waals surface area contributed by atoms with E-state index in [0.29, 0.717) is 18.9 Å². The molecule has 4 rings (SSSR count). The fraction of sp³-hybridized carbons (Fsp3) is 0.400. The maximum absolute atomic E-state index is 12.4. The lowest BCUT2D eigenvalue weighted by molar-refractivity contribution is -0.129. The van der Waals surface area contributed by atoms with Gasteiger partial charge in [-0.25, -0.2) is 0 Å². The van der Waals surface area contributed by atoms with Gasteiger partial charge in [-0.05, 0) is 69.7 Å². The van der Waals surface area contributed by atoms with Gasteiger partial charge in [0.2, 0.25) is 5.91 Å². The second-order valence-electron chi connectivity index (χ2n) is 7.77. The van der Waals surface area contributed by atoms with Crippen LogP contribution < -0.4 is 4.74 Å². The van der Waals surface area contributed by atoms with Crippen LogP contribution in [0.2, 0.25) is 0 Å². The Hall–Kier alpha value is -2.79. The molecule has 2 aromatic carbocycles. The first kappa shape index (κ1) is 21.9. The second kappa shape index (κ2) is 10.8. The number of carbonyl (C=O) groups excluding carboxylic acids is 1. The van der Waals surface area contributed by atoms with Crippen LogP contribution in [-0.4, -0.2) is 49.5 Å². The molecular weight excluding hydrogens is 376 g/mol. The molecule has 1 aliphatic rings. The van der Waals surface area contributed by atoms with Gasteiger partial charge in [-0.3, -0.25) is 4.79 Å². The summed E-state index contributed by atoms with van der Waals surface area (Å²) >= 11 is 0. The molecule has 0 atom stereocenters. The number of benzene rings is 2. The van der Waals surface area contributed by atoms with E-state index in [0.717, 1.165) is 22.3 Å². The lowest BCUT2D eigenvalue weighted by Crippen LogP contribution is -2.27. The molecule has 0 radical (unpaired) electrons. The van der Waals surface area contributed by atoms with Gasteiger partial charge in [0.05, 0.1) is 13.0 Å². The molecule has 3 aromatic rings. The number of carbonyl (C=O) groups is 1. The number of hydrogen-bond acceptors (Lipinski definition) is 4. The van der Waals surface area contributed by atoms with Gasteiger partial charge in [0.15, 0.2) is 0 Å². The summed E-state index contributed by atoms with van der Waals surface area (Å²) < 4.78 is 11.2. The van der Waals surface area contributed by atoms with E-state index in [1.54, 1.807) is 11.9 Å². The van der Waals surface area contributed by atoms with Crippen molar-refractivity contribution >= 4 is 16.9 Å². The number of ether oxygens (including phenoxy) is 1. The van der Waals surface area contributed by atoms with Crippen LogP contribution >= 0.6 is 0 Å². The Morgan fingerprint density at radius 3 is 2.53 bits per heavy atom. The van der Waals surface area contributed by atoms with Crippen LogP contribution in [0.3, 0.4) is 0 Å². The number of para-hydroxylation sites is 1. The first-order valence-corrected chi connectivity index (χ1v) is 10.7. The van der Waals surface area contributed by atoms with Crippen molar-refractivity contribution in [3.05, 3.63) is 65.9 Å². The van der Waals surface area contributed by atoms with Gasteiger partial charge in [-0.2, -0.15) is 0 Å². The second-order valence-corrected chi connectivity index (χ2v) is 7.77. The Morgan fingerprint density at radius 1 is 1.10 bits per heavy atom. The summed E-state index contributed by atoms with van der Waals surface area (Å²) in [6.07, 6.45) is 3.09. The first-order valence-electron chi connectivity index (χ1n) is 10.7. The predicted octanol–water partition coefficient (Wildman–Crippen LogP) is 4.74. The summed E-state index contributed by atoms with van der Waals surface area (Å²) in [5.41, 5.74) is 1.86. The molecule has 0 unspecified atom stereocenters. The fourth-order valence-electron chi connectivity index (χ4n) is 3.55. The van der Waals surface area contributed by atoms with E-state index in [4.69, 9.17) is 9.15 Å². The van der Waals surface area contributed by atoms with Crippen LogP contribution in [0.25, 0.3) is 11.0 Å². The minimum atomic E-state index is 0.0240. The van der Waals surface area contributed by atoms with Crippen molar-refractivity contribution in [3.63, 3.8) is 0 Å². The number of fused-ring (bicyclic) bond motifs is 1. The monoisotopic (exact) mass is 408 g/mol. The van der Waals surface area contributed by atoms with Gasteiger partial charge in [0.25, 0.3) is 0 Å². The number of likely N-dealkylation sites (tertiary alicyclic amines) is 1. The van der Waals surface area contributed by atoms with Crippen molar-refractivity contribution in [1.82, 2.24) is 9.80 Å². The smallest absolute Gasteiger partial charge is 0.230 e. The largest absolute Gasteiger partial charge is 0.494 e. The van der Waals surface area contributed by atoms with Crippen molar-refractivity contribution in [2.45, 2.75) is 32.7 Å². The summed E-state index contributed by atoms with van der Waals surface area (Å²) in [6.45, 7) is 5.76. The molecule has 1 amide bonds. The van der Waals surface area contributed by atoms with Crippen LogP contribution in [0.1, 0.15) is 31.1 Å². The zero-order valence-electron chi connectivity index (χ0n) is 18.3. The number of hydrogen-bond donors (Lipinski definition) is 0. The molecule has 0 saturated carbocycles. The van der Waals surface area contributed by atoms with Gasteiger partial charge in [0.1, 0.15) is 17.1 Å². The zero-order valence-corrected chi connectivity index (χ0v) is 18.3. The predicted molar refractivity (Wildman–Crippen MR) is 121 cm³/mol. The van der Waals surface area contributed by atoms with Gasteiger partial charge >= 0.3 is 0 Å². The van der Waals surface area contributed by atoms with E-state index in [9.17, 15) is 4.79 Å². The van der Waals surface area contributed by atoms with Crippen molar-refractivity contribution < 1.29 is 13.9 Å². The molecule has 30 heavy (non-hydrogen) atoms. The molecule has 0 spiro atoms. The lowest BCUT2D eigenvalue weighted by atomic mass is 10.2. The summed E-state index contributed by atoms with van der Waals surface area (Å²) in [5.74, 6) is 1.54. The number of amides is 1. The number of likely N-dealkylation sites (N-methyl/N-ethyl adjacent to an activating group) is 1. The van der Waals surface area contributed by atoms with Gasteiger partial charge in [-0.15, -0.1) is 0 Å². The zero-order chi connectivity index (χ0) is 21.3. The van der Waals surface area contributed by atoms with Gasteiger partial charge in [0, 0.05) is 19.0 Å². The first-order chi connectivity index (χ1) is 14.5. The van der Waals surface area contributed by atoms with Crippen molar-refractivity contribution in [1.29, 1.82) is 0 Å². The van der Waals surface area contributed by atoms with Crippen molar-refractivity contribution in [3.8, 4) is 5.75 Å². The highest BCUT2D eigenvalue weighted by molar-refractivity contribution is 5.82. The van der Waals surface area contributed by atoms with E-state index < -0.39 is 0 Å². The third kappa shape index (κ3) is 6.36. The molecule has 0 bridgehead atoms. The van der Waals surface area contributed by atoms with Gasteiger partial charge in [-0.1, -0.05) is 30.3 Å². The summed E-state index contributed by atoms with van der Waals surface area (Å²) in [6, 6.07) is 17.5. The van der Waals surface area contributed by atoms with E-state index in [-0.39, 0.29) is 12.3 Å². The van der Waals surface area contributed by atoms with E-state index in [2.05, 4.69) is 11.9 Å². The lowest BCUT2D eigenvalue weighted by Gasteiger charge is -2.17. The Morgan fingerprint density at radius 2 is 1.87 bits per heavy atom. The highest BCUT2D eigenvalue weighted by Crippen LogP contribution is 2.20. The third-order valence-electron chi connectivity index (χ3n) is 5.19. The fourth-order valence-corrected chi connectivity index (χ4v) is 3.55. The van der Waals surface area contributed by atoms with Crippen LogP contribution in [-0.2, 0) is 17.8 Å². The molecular formula is C25H32N2O3. The third-order valence-corrected chi connectivity index (χ3v) is 5.19. The minimum Gasteiger partial charge on any atom is -0.494 e. The molecule has 0 N–H and O–H groups in total. The molecule has 0 aliphatic carbocycles. The average Bonchev–Trinajstić information content (AvgIpc) is 3.37. The SMILES string of the molecule is CCOc1cccc(CN(C)C(=O)Cc2cc3ccccc3o2)c1.CN1CCCC1. The number of furan rings is 1. The molecule has 1 aliphatic heterocycles. The van der Waals surface area contributed by atoms with Gasteiger partial charge < -0.3 is 19.0 Å². The maximum atomic E-state index is 12.4. The summed E-state index contributed by atoms with van der Waals surface area (Å²) in [5, 5.41) is 1.02. The number of nitrogens with zero attached hydrogens (tertiary/aromatic N) is 2. The normalized spacial score (nSPS) is 13.7. The maximum Gasteiger partial charge on any atom is 0.230 e. The summed E-state index contributed by atoms with van der Waals surface area (Å²) in [7, 11) is 3.98. The van der Waals surface area contributed by atoms with Crippen LogP contribution in [0, 0.1) is 0 Å². The molecule has 1 aromatic heterocycles. The van der Waals surface area contributed by atoms with Crippen LogP contribution in [0.4, 0.5) is 0 Å². The molecule has 1 fully saturated rings. The van der Waals surface area contributed by atoms with Crippen molar-refractivity contribution in [2.24, 2.45) is 0 Å². The van der Waals surface area contributed by atoms with E-state index in [1.807, 2.05) is 61.5 Å². The number of rotatable bonds is 6. The van der Waals surface area contributed by atoms with Crippen LogP contribution in [0.5, 0.6) is 5.75 Å². The Balaban J connectivity index is 0.000000367.